The van der Waals surface area contributed by atoms with Gasteiger partial charge in [0.1, 0.15) is 12.1 Å². The molecule has 0 spiro atoms. The molecule has 22 heavy (non-hydrogen) atoms. The zero-order chi connectivity index (χ0) is 15.2. The van der Waals surface area contributed by atoms with Crippen molar-refractivity contribution in [3.8, 4) is 11.4 Å². The number of esters is 1. The first-order valence-electron chi connectivity index (χ1n) is 6.89. The normalized spacial score (nSPS) is 10.4. The highest BCUT2D eigenvalue weighted by Crippen LogP contribution is 2.15. The summed E-state index contributed by atoms with van der Waals surface area (Å²) in [4.78, 5) is 11.8. The van der Waals surface area contributed by atoms with Gasteiger partial charge in [-0.3, -0.25) is 4.79 Å². The first kappa shape index (κ1) is 13.9. The predicted molar refractivity (Wildman–Crippen MR) is 79.6 cm³/mol. The third-order valence-electron chi connectivity index (χ3n) is 3.14. The maximum absolute atomic E-state index is 11.8. The molecule has 3 aromatic rings. The Hall–Kier alpha value is -3.02. The summed E-state index contributed by atoms with van der Waals surface area (Å²) in [5.74, 6) is 0.258. The summed E-state index contributed by atoms with van der Waals surface area (Å²) in [7, 11) is 0. The van der Waals surface area contributed by atoms with E-state index in [1.165, 1.54) is 11.0 Å². The van der Waals surface area contributed by atoms with Gasteiger partial charge in [-0.05, 0) is 46.7 Å². The second kappa shape index (κ2) is 6.62. The van der Waals surface area contributed by atoms with Crippen LogP contribution in [0.25, 0.3) is 5.69 Å². The molecule has 1 heterocycles. The molecule has 0 aliphatic rings. The molecule has 0 saturated carbocycles. The summed E-state index contributed by atoms with van der Waals surface area (Å²) in [6.45, 7) is 0. The number of tetrazole rings is 1. The van der Waals surface area contributed by atoms with Crippen molar-refractivity contribution in [1.82, 2.24) is 20.2 Å². The molecule has 110 valence electrons. The van der Waals surface area contributed by atoms with Crippen LogP contribution in [0.1, 0.15) is 12.0 Å². The minimum atomic E-state index is -0.251. The van der Waals surface area contributed by atoms with Crippen LogP contribution in [0.4, 0.5) is 0 Å². The highest BCUT2D eigenvalue weighted by Gasteiger charge is 2.06. The molecule has 0 atom stereocenters. The highest BCUT2D eigenvalue weighted by atomic mass is 16.5. The lowest BCUT2D eigenvalue weighted by Crippen LogP contribution is -2.09. The Morgan fingerprint density at radius 2 is 1.82 bits per heavy atom. The lowest BCUT2D eigenvalue weighted by Gasteiger charge is -2.05. The monoisotopic (exact) mass is 294 g/mol. The van der Waals surface area contributed by atoms with Gasteiger partial charge in [-0.1, -0.05) is 30.3 Å². The fourth-order valence-corrected chi connectivity index (χ4v) is 2.02. The van der Waals surface area contributed by atoms with Gasteiger partial charge in [0.2, 0.25) is 0 Å². The Morgan fingerprint density at radius 1 is 1.05 bits per heavy atom. The van der Waals surface area contributed by atoms with E-state index in [1.54, 1.807) is 24.3 Å². The Bertz CT molecular complexity index is 725. The van der Waals surface area contributed by atoms with E-state index in [2.05, 4.69) is 15.5 Å². The predicted octanol–water partition coefficient (Wildman–Crippen LogP) is 2.20. The number of nitrogens with zero attached hydrogens (tertiary/aromatic N) is 4. The summed E-state index contributed by atoms with van der Waals surface area (Å²) in [6.07, 6.45) is 2.52. The SMILES string of the molecule is O=C(CCc1ccccc1)Oc1ccc(-n2cnnn2)cc1. The van der Waals surface area contributed by atoms with Crippen molar-refractivity contribution in [3.05, 3.63) is 66.5 Å². The third kappa shape index (κ3) is 3.54. The lowest BCUT2D eigenvalue weighted by atomic mass is 10.1. The molecule has 2 aromatic carbocycles. The summed E-state index contributed by atoms with van der Waals surface area (Å²) in [5, 5.41) is 10.9. The molecule has 0 aliphatic carbocycles. The van der Waals surface area contributed by atoms with Crippen LogP contribution in [0.3, 0.4) is 0 Å². The summed E-state index contributed by atoms with van der Waals surface area (Å²) >= 11 is 0. The van der Waals surface area contributed by atoms with Crippen LogP contribution in [-0.2, 0) is 11.2 Å². The summed E-state index contributed by atoms with van der Waals surface area (Å²) in [5.41, 5.74) is 1.92. The van der Waals surface area contributed by atoms with Crippen LogP contribution in [0.15, 0.2) is 60.9 Å². The van der Waals surface area contributed by atoms with Crippen molar-refractivity contribution in [2.24, 2.45) is 0 Å². The molecule has 1 aromatic heterocycles. The maximum atomic E-state index is 11.8. The van der Waals surface area contributed by atoms with Crippen molar-refractivity contribution in [1.29, 1.82) is 0 Å². The van der Waals surface area contributed by atoms with Gasteiger partial charge in [-0.25, -0.2) is 4.68 Å². The van der Waals surface area contributed by atoms with Crippen molar-refractivity contribution in [3.63, 3.8) is 0 Å². The molecule has 0 unspecified atom stereocenters. The highest BCUT2D eigenvalue weighted by molar-refractivity contribution is 5.72. The number of ether oxygens (including phenoxy) is 1. The molecule has 3 rings (SSSR count). The molecule has 0 fully saturated rings. The first-order chi connectivity index (χ1) is 10.8. The van der Waals surface area contributed by atoms with E-state index < -0.39 is 0 Å². The Balaban J connectivity index is 1.55. The molecule has 0 bridgehead atoms. The number of rotatable bonds is 5. The third-order valence-corrected chi connectivity index (χ3v) is 3.14. The standard InChI is InChI=1S/C16H14N4O2/c21-16(11-6-13-4-2-1-3-5-13)22-15-9-7-14(8-10-15)20-12-17-18-19-20/h1-5,7-10,12H,6,11H2. The quantitative estimate of drug-likeness (QED) is 0.533. The minimum Gasteiger partial charge on any atom is -0.427 e. The fraction of sp³-hybridized carbons (Fsp3) is 0.125. The number of carbonyl (C=O) groups excluding carboxylic acids is 1. The number of benzene rings is 2. The molecule has 0 amide bonds. The van der Waals surface area contributed by atoms with Gasteiger partial charge in [0.25, 0.3) is 0 Å². The van der Waals surface area contributed by atoms with Crippen LogP contribution in [0, 0.1) is 0 Å². The molecule has 0 radical (unpaired) electrons. The minimum absolute atomic E-state index is 0.251. The van der Waals surface area contributed by atoms with E-state index in [9.17, 15) is 4.79 Å². The number of aromatic nitrogens is 4. The van der Waals surface area contributed by atoms with Gasteiger partial charge in [0.15, 0.2) is 0 Å². The molecule has 0 aliphatic heterocycles. The largest absolute Gasteiger partial charge is 0.427 e. The van der Waals surface area contributed by atoms with E-state index in [1.807, 2.05) is 30.3 Å². The number of hydrogen-bond acceptors (Lipinski definition) is 5. The van der Waals surface area contributed by atoms with Crippen molar-refractivity contribution in [2.75, 3.05) is 0 Å². The van der Waals surface area contributed by atoms with Crippen molar-refractivity contribution < 1.29 is 9.53 Å². The van der Waals surface area contributed by atoms with E-state index in [0.717, 1.165) is 11.3 Å². The molecular formula is C16H14N4O2. The number of carbonyl (C=O) groups is 1. The maximum Gasteiger partial charge on any atom is 0.311 e. The number of aryl methyl sites for hydroxylation is 1. The molecule has 6 heteroatoms. The van der Waals surface area contributed by atoms with Gasteiger partial charge in [-0.15, -0.1) is 5.10 Å². The van der Waals surface area contributed by atoms with Crippen LogP contribution in [-0.4, -0.2) is 26.2 Å². The van der Waals surface area contributed by atoms with Crippen LogP contribution >= 0.6 is 0 Å². The van der Waals surface area contributed by atoms with Crippen molar-refractivity contribution in [2.45, 2.75) is 12.8 Å². The van der Waals surface area contributed by atoms with E-state index in [4.69, 9.17) is 4.74 Å². The Labute approximate surface area is 127 Å². The van der Waals surface area contributed by atoms with Crippen LogP contribution < -0.4 is 4.74 Å². The molecular weight excluding hydrogens is 280 g/mol. The van der Waals surface area contributed by atoms with Crippen LogP contribution in [0.5, 0.6) is 5.75 Å². The second-order valence-electron chi connectivity index (χ2n) is 4.71. The zero-order valence-corrected chi connectivity index (χ0v) is 11.8. The van der Waals surface area contributed by atoms with Crippen molar-refractivity contribution >= 4 is 5.97 Å². The number of hydrogen-bond donors (Lipinski definition) is 0. The van der Waals surface area contributed by atoms with Crippen LogP contribution in [0.2, 0.25) is 0 Å². The average Bonchev–Trinajstić information content (AvgIpc) is 3.09. The topological polar surface area (TPSA) is 69.9 Å². The molecule has 0 N–H and O–H groups in total. The Kier molecular flexibility index (Phi) is 4.20. The lowest BCUT2D eigenvalue weighted by molar-refractivity contribution is -0.134. The van der Waals surface area contributed by atoms with Gasteiger partial charge in [-0.2, -0.15) is 0 Å². The van der Waals surface area contributed by atoms with E-state index in [-0.39, 0.29) is 5.97 Å². The van der Waals surface area contributed by atoms with E-state index in [0.29, 0.717) is 18.6 Å². The van der Waals surface area contributed by atoms with E-state index >= 15 is 0 Å². The average molecular weight is 294 g/mol. The molecule has 6 nitrogen and oxygen atoms in total. The second-order valence-corrected chi connectivity index (χ2v) is 4.71. The van der Waals surface area contributed by atoms with Gasteiger partial charge in [0.05, 0.1) is 5.69 Å². The molecule has 0 saturated heterocycles. The van der Waals surface area contributed by atoms with Gasteiger partial charge in [0, 0.05) is 6.42 Å². The summed E-state index contributed by atoms with van der Waals surface area (Å²) < 4.78 is 6.84. The van der Waals surface area contributed by atoms with Gasteiger partial charge >= 0.3 is 5.97 Å². The van der Waals surface area contributed by atoms with Gasteiger partial charge < -0.3 is 4.74 Å². The smallest absolute Gasteiger partial charge is 0.311 e. The Morgan fingerprint density at radius 3 is 2.50 bits per heavy atom. The summed E-state index contributed by atoms with van der Waals surface area (Å²) in [6, 6.07) is 16.9. The first-order valence-corrected chi connectivity index (χ1v) is 6.89. The fourth-order valence-electron chi connectivity index (χ4n) is 2.02. The zero-order valence-electron chi connectivity index (χ0n) is 11.8.